The maximum absolute atomic E-state index is 8.33. The molecule has 0 aromatic carbocycles. The van der Waals surface area contributed by atoms with Gasteiger partial charge in [-0.15, -0.1) is 0 Å². The lowest BCUT2D eigenvalue weighted by atomic mass is 9.92. The largest absolute Gasteiger partial charge is 0.298 e. The van der Waals surface area contributed by atoms with Crippen molar-refractivity contribution in [3.63, 3.8) is 0 Å². The van der Waals surface area contributed by atoms with Gasteiger partial charge >= 0.3 is 0 Å². The highest BCUT2D eigenvalue weighted by Gasteiger charge is 2.38. The Labute approximate surface area is 110 Å². The Balaban J connectivity index is 1.71. The fourth-order valence-electron chi connectivity index (χ4n) is 2.89. The Morgan fingerprint density at radius 2 is 1.83 bits per heavy atom. The van der Waals surface area contributed by atoms with Gasteiger partial charge in [-0.2, -0.15) is 0 Å². The molecule has 2 aliphatic heterocycles. The first-order valence-electron chi connectivity index (χ1n) is 7.00. The molecule has 2 rings (SSSR count). The molecule has 0 unspecified atom stereocenters. The van der Waals surface area contributed by atoms with Crippen molar-refractivity contribution in [3.05, 3.63) is 10.4 Å². The summed E-state index contributed by atoms with van der Waals surface area (Å²) in [6.45, 7) is 12.3. The quantitative estimate of drug-likeness (QED) is 0.439. The van der Waals surface area contributed by atoms with Crippen molar-refractivity contribution in [2.75, 3.05) is 32.7 Å². The first kappa shape index (κ1) is 13.7. The van der Waals surface area contributed by atoms with Crippen LogP contribution in [0.1, 0.15) is 33.6 Å². The lowest BCUT2D eigenvalue weighted by molar-refractivity contribution is -0.0325. The van der Waals surface area contributed by atoms with Crippen LogP contribution in [0.15, 0.2) is 5.11 Å². The molecule has 102 valence electrons. The monoisotopic (exact) mass is 251 g/mol. The Morgan fingerprint density at radius 1 is 1.22 bits per heavy atom. The SMILES string of the molecule is CC(C)(C)N1CC(N2CCC(CN=[N+]=[N-])CC2)C1. The molecule has 2 saturated heterocycles. The number of hydrogen-bond acceptors (Lipinski definition) is 3. The first-order chi connectivity index (χ1) is 8.50. The fourth-order valence-corrected chi connectivity index (χ4v) is 2.89. The summed E-state index contributed by atoms with van der Waals surface area (Å²) in [6.07, 6.45) is 2.37. The molecule has 0 bridgehead atoms. The average molecular weight is 251 g/mol. The first-order valence-corrected chi connectivity index (χ1v) is 7.00. The van der Waals surface area contributed by atoms with E-state index < -0.39 is 0 Å². The van der Waals surface area contributed by atoms with Crippen molar-refractivity contribution >= 4 is 0 Å². The highest BCUT2D eigenvalue weighted by molar-refractivity contribution is 4.95. The average Bonchev–Trinajstić information content (AvgIpc) is 2.24. The second-order valence-corrected chi connectivity index (χ2v) is 6.62. The predicted molar refractivity (Wildman–Crippen MR) is 73.4 cm³/mol. The number of rotatable bonds is 3. The van der Waals surface area contributed by atoms with Crippen molar-refractivity contribution in [2.24, 2.45) is 11.0 Å². The van der Waals surface area contributed by atoms with Gasteiger partial charge in [0.25, 0.3) is 0 Å². The van der Waals surface area contributed by atoms with Crippen LogP contribution in [-0.4, -0.2) is 54.1 Å². The van der Waals surface area contributed by atoms with E-state index in [9.17, 15) is 0 Å². The normalized spacial score (nSPS) is 24.6. The van der Waals surface area contributed by atoms with Crippen LogP contribution in [0.2, 0.25) is 0 Å². The zero-order chi connectivity index (χ0) is 13.2. The van der Waals surface area contributed by atoms with Gasteiger partial charge in [-0.05, 0) is 58.2 Å². The minimum absolute atomic E-state index is 0.316. The molecule has 5 nitrogen and oxygen atoms in total. The molecule has 18 heavy (non-hydrogen) atoms. The third-order valence-corrected chi connectivity index (χ3v) is 4.38. The van der Waals surface area contributed by atoms with Crippen LogP contribution in [0.3, 0.4) is 0 Å². The zero-order valence-corrected chi connectivity index (χ0v) is 11.8. The van der Waals surface area contributed by atoms with Crippen LogP contribution >= 0.6 is 0 Å². The molecule has 5 heteroatoms. The number of azide groups is 1. The molecule has 2 heterocycles. The second kappa shape index (κ2) is 5.47. The van der Waals surface area contributed by atoms with Gasteiger partial charge in [0.15, 0.2) is 0 Å². The lowest BCUT2D eigenvalue weighted by Crippen LogP contribution is -2.65. The number of likely N-dealkylation sites (tertiary alicyclic amines) is 2. The van der Waals surface area contributed by atoms with Crippen molar-refractivity contribution in [3.8, 4) is 0 Å². The third kappa shape index (κ3) is 3.16. The van der Waals surface area contributed by atoms with Crippen LogP contribution in [0.4, 0.5) is 0 Å². The lowest BCUT2D eigenvalue weighted by Gasteiger charge is -2.52. The molecule has 2 aliphatic rings. The molecule has 0 spiro atoms. The summed E-state index contributed by atoms with van der Waals surface area (Å²) in [5.41, 5.74) is 8.65. The molecule has 0 aromatic rings. The van der Waals surface area contributed by atoms with Gasteiger partial charge in [0, 0.05) is 36.1 Å². The summed E-state index contributed by atoms with van der Waals surface area (Å²) in [7, 11) is 0. The van der Waals surface area contributed by atoms with Crippen molar-refractivity contribution in [1.29, 1.82) is 0 Å². The Morgan fingerprint density at radius 3 is 2.33 bits per heavy atom. The molecular formula is C13H25N5. The molecule has 0 amide bonds. The Hall–Kier alpha value is -0.770. The van der Waals surface area contributed by atoms with E-state index in [1.165, 1.54) is 39.0 Å². The summed E-state index contributed by atoms with van der Waals surface area (Å²) >= 11 is 0. The minimum atomic E-state index is 0.316. The van der Waals surface area contributed by atoms with Gasteiger partial charge in [0.1, 0.15) is 0 Å². The molecule has 0 N–H and O–H groups in total. The number of nitrogens with zero attached hydrogens (tertiary/aromatic N) is 5. The summed E-state index contributed by atoms with van der Waals surface area (Å²) < 4.78 is 0. The molecule has 2 fully saturated rings. The maximum Gasteiger partial charge on any atom is 0.0350 e. The van der Waals surface area contributed by atoms with Crippen LogP contribution in [0.5, 0.6) is 0 Å². The van der Waals surface area contributed by atoms with Crippen molar-refractivity contribution < 1.29 is 0 Å². The smallest absolute Gasteiger partial charge is 0.0350 e. The topological polar surface area (TPSA) is 55.2 Å². The highest BCUT2D eigenvalue weighted by Crippen LogP contribution is 2.27. The number of piperidine rings is 1. The van der Waals surface area contributed by atoms with Gasteiger partial charge in [-0.1, -0.05) is 5.11 Å². The summed E-state index contributed by atoms with van der Waals surface area (Å²) in [6, 6.07) is 0.754. The van der Waals surface area contributed by atoms with E-state index in [1.807, 2.05) is 0 Å². The molecular weight excluding hydrogens is 226 g/mol. The van der Waals surface area contributed by atoms with Crippen LogP contribution in [0.25, 0.3) is 10.4 Å². The van der Waals surface area contributed by atoms with E-state index >= 15 is 0 Å². The van der Waals surface area contributed by atoms with E-state index in [2.05, 4.69) is 40.6 Å². The summed E-state index contributed by atoms with van der Waals surface area (Å²) in [5, 5.41) is 3.70. The Kier molecular flexibility index (Phi) is 4.15. The molecule has 0 aromatic heterocycles. The van der Waals surface area contributed by atoms with Gasteiger partial charge < -0.3 is 0 Å². The molecule has 0 saturated carbocycles. The fraction of sp³-hybridized carbons (Fsp3) is 1.00. The van der Waals surface area contributed by atoms with Crippen molar-refractivity contribution in [2.45, 2.75) is 45.2 Å². The predicted octanol–water partition coefficient (Wildman–Crippen LogP) is 2.49. The highest BCUT2D eigenvalue weighted by atomic mass is 15.3. The van der Waals surface area contributed by atoms with E-state index in [1.54, 1.807) is 0 Å². The zero-order valence-electron chi connectivity index (χ0n) is 11.8. The van der Waals surface area contributed by atoms with E-state index in [4.69, 9.17) is 5.53 Å². The van der Waals surface area contributed by atoms with E-state index in [0.717, 1.165) is 6.04 Å². The molecule has 0 aliphatic carbocycles. The van der Waals surface area contributed by atoms with Crippen molar-refractivity contribution in [1.82, 2.24) is 9.80 Å². The molecule has 0 radical (unpaired) electrons. The standard InChI is InChI=1S/C13H25N5/c1-13(2,3)18-9-12(10-18)17-6-4-11(5-7-17)8-15-16-14/h11-12H,4-10H2,1-3H3. The second-order valence-electron chi connectivity index (χ2n) is 6.62. The van der Waals surface area contributed by atoms with Gasteiger partial charge in [0.05, 0.1) is 0 Å². The van der Waals surface area contributed by atoms with E-state index in [0.29, 0.717) is 18.0 Å². The van der Waals surface area contributed by atoms with Crippen LogP contribution < -0.4 is 0 Å². The maximum atomic E-state index is 8.33. The number of hydrogen-bond donors (Lipinski definition) is 0. The van der Waals surface area contributed by atoms with Crippen LogP contribution in [0, 0.1) is 5.92 Å². The van der Waals surface area contributed by atoms with E-state index in [-0.39, 0.29) is 0 Å². The minimum Gasteiger partial charge on any atom is -0.298 e. The van der Waals surface area contributed by atoms with Crippen LogP contribution in [-0.2, 0) is 0 Å². The van der Waals surface area contributed by atoms with Gasteiger partial charge in [-0.25, -0.2) is 0 Å². The van der Waals surface area contributed by atoms with Gasteiger partial charge in [0.2, 0.25) is 0 Å². The third-order valence-electron chi connectivity index (χ3n) is 4.38. The summed E-state index contributed by atoms with van der Waals surface area (Å²) in [4.78, 5) is 8.02. The Bertz CT molecular complexity index is 315. The summed E-state index contributed by atoms with van der Waals surface area (Å²) in [5.74, 6) is 0.607. The molecule has 0 atom stereocenters. The van der Waals surface area contributed by atoms with Gasteiger partial charge in [-0.3, -0.25) is 9.80 Å².